The Hall–Kier alpha value is -1.33. The second-order valence-corrected chi connectivity index (χ2v) is 4.89. The fourth-order valence-electron chi connectivity index (χ4n) is 1.73. The summed E-state index contributed by atoms with van der Waals surface area (Å²) in [5.41, 5.74) is 6.36. The van der Waals surface area contributed by atoms with E-state index in [-0.39, 0.29) is 36.1 Å². The van der Waals surface area contributed by atoms with Crippen LogP contribution in [0.1, 0.15) is 32.4 Å². The molecule has 0 aliphatic rings. The summed E-state index contributed by atoms with van der Waals surface area (Å²) in [5, 5.41) is 2.77. The third-order valence-electron chi connectivity index (χ3n) is 3.04. The van der Waals surface area contributed by atoms with Crippen LogP contribution >= 0.6 is 12.4 Å². The molecule has 0 fully saturated rings. The zero-order valence-electron chi connectivity index (χ0n) is 12.1. The fourth-order valence-corrected chi connectivity index (χ4v) is 1.73. The molecule has 1 aromatic rings. The largest absolute Gasteiger partial charge is 0.496 e. The maximum absolute atomic E-state index is 13.3. The van der Waals surface area contributed by atoms with Crippen LogP contribution in [0, 0.1) is 11.7 Å². The van der Waals surface area contributed by atoms with Crippen LogP contribution in [-0.4, -0.2) is 19.1 Å². The van der Waals surface area contributed by atoms with E-state index in [1.807, 2.05) is 13.8 Å². The number of benzene rings is 1. The van der Waals surface area contributed by atoms with Gasteiger partial charge in [-0.1, -0.05) is 13.8 Å². The molecule has 2 atom stereocenters. The summed E-state index contributed by atoms with van der Waals surface area (Å²) in [6.45, 7) is 5.51. The normalized spacial score (nSPS) is 13.3. The minimum atomic E-state index is -0.581. The van der Waals surface area contributed by atoms with Gasteiger partial charge in [-0.3, -0.25) is 4.79 Å². The van der Waals surface area contributed by atoms with Gasteiger partial charge in [-0.25, -0.2) is 4.39 Å². The van der Waals surface area contributed by atoms with Crippen molar-refractivity contribution in [2.24, 2.45) is 11.7 Å². The van der Waals surface area contributed by atoms with Crippen LogP contribution in [0.25, 0.3) is 0 Å². The number of amides is 1. The van der Waals surface area contributed by atoms with Crippen molar-refractivity contribution in [3.8, 4) is 5.75 Å². The average molecular weight is 305 g/mol. The lowest BCUT2D eigenvalue weighted by Crippen LogP contribution is -2.44. The van der Waals surface area contributed by atoms with Crippen LogP contribution < -0.4 is 15.8 Å². The maximum Gasteiger partial charge on any atom is 0.237 e. The van der Waals surface area contributed by atoms with E-state index < -0.39 is 6.04 Å². The van der Waals surface area contributed by atoms with E-state index in [9.17, 15) is 9.18 Å². The first-order valence-corrected chi connectivity index (χ1v) is 6.26. The average Bonchev–Trinajstić information content (AvgIpc) is 2.37. The fraction of sp³-hybridized carbons (Fsp3) is 0.500. The van der Waals surface area contributed by atoms with Gasteiger partial charge in [0.25, 0.3) is 0 Å². The minimum Gasteiger partial charge on any atom is -0.496 e. The first kappa shape index (κ1) is 18.7. The third kappa shape index (κ3) is 4.65. The minimum absolute atomic E-state index is 0. The molecule has 1 aromatic carbocycles. The molecule has 0 spiro atoms. The van der Waals surface area contributed by atoms with Gasteiger partial charge >= 0.3 is 0 Å². The van der Waals surface area contributed by atoms with Crippen molar-refractivity contribution in [1.82, 2.24) is 5.32 Å². The second-order valence-electron chi connectivity index (χ2n) is 4.89. The van der Waals surface area contributed by atoms with Gasteiger partial charge in [-0.2, -0.15) is 0 Å². The number of rotatable bonds is 5. The van der Waals surface area contributed by atoms with Gasteiger partial charge in [0.15, 0.2) is 0 Å². The van der Waals surface area contributed by atoms with E-state index in [4.69, 9.17) is 10.5 Å². The van der Waals surface area contributed by atoms with Crippen molar-refractivity contribution >= 4 is 18.3 Å². The molecule has 0 aliphatic heterocycles. The van der Waals surface area contributed by atoms with E-state index in [1.165, 1.54) is 25.3 Å². The number of methoxy groups -OCH3 is 1. The third-order valence-corrected chi connectivity index (χ3v) is 3.04. The summed E-state index contributed by atoms with van der Waals surface area (Å²) in [6.07, 6.45) is 0. The number of carbonyl (C=O) groups excluding carboxylic acids is 1. The Kier molecular flexibility index (Phi) is 7.53. The molecular weight excluding hydrogens is 283 g/mol. The lowest BCUT2D eigenvalue weighted by atomic mass is 10.0. The molecule has 1 rings (SSSR count). The summed E-state index contributed by atoms with van der Waals surface area (Å²) in [4.78, 5) is 11.9. The second kappa shape index (κ2) is 8.07. The summed E-state index contributed by atoms with van der Waals surface area (Å²) >= 11 is 0. The number of hydrogen-bond donors (Lipinski definition) is 2. The molecule has 1 amide bonds. The van der Waals surface area contributed by atoms with Crippen molar-refractivity contribution in [3.63, 3.8) is 0 Å². The number of nitrogens with two attached hydrogens (primary N) is 1. The Labute approximate surface area is 125 Å². The summed E-state index contributed by atoms with van der Waals surface area (Å²) < 4.78 is 18.4. The van der Waals surface area contributed by atoms with E-state index in [0.717, 1.165) is 0 Å². The molecule has 2 unspecified atom stereocenters. The Morgan fingerprint density at radius 2 is 1.95 bits per heavy atom. The van der Waals surface area contributed by atoms with Crippen LogP contribution in [-0.2, 0) is 4.79 Å². The van der Waals surface area contributed by atoms with Gasteiger partial charge in [0.2, 0.25) is 5.91 Å². The highest BCUT2D eigenvalue weighted by atomic mass is 35.5. The highest BCUT2D eigenvalue weighted by Gasteiger charge is 2.21. The lowest BCUT2D eigenvalue weighted by Gasteiger charge is -2.21. The van der Waals surface area contributed by atoms with Gasteiger partial charge < -0.3 is 15.8 Å². The first-order chi connectivity index (χ1) is 8.86. The molecule has 0 radical (unpaired) electrons. The molecule has 0 bridgehead atoms. The summed E-state index contributed by atoms with van der Waals surface area (Å²) in [5.74, 6) is -0.0483. The number of ether oxygens (including phenoxy) is 1. The van der Waals surface area contributed by atoms with Crippen molar-refractivity contribution in [2.45, 2.75) is 32.9 Å². The van der Waals surface area contributed by atoms with Gasteiger partial charge in [0.1, 0.15) is 11.6 Å². The van der Waals surface area contributed by atoms with Crippen LogP contribution in [0.2, 0.25) is 0 Å². The van der Waals surface area contributed by atoms with Crippen LogP contribution in [0.15, 0.2) is 18.2 Å². The van der Waals surface area contributed by atoms with Gasteiger partial charge in [0.05, 0.1) is 19.2 Å². The van der Waals surface area contributed by atoms with Crippen LogP contribution in [0.3, 0.4) is 0 Å². The molecule has 114 valence electrons. The predicted octanol–water partition coefficient (Wildman–Crippen LogP) is 2.42. The number of nitrogens with one attached hydrogen (secondary N) is 1. The SMILES string of the molecule is COc1ccc(F)cc1C(C)NC(=O)C(N)C(C)C.Cl. The van der Waals surface area contributed by atoms with E-state index >= 15 is 0 Å². The van der Waals surface area contributed by atoms with Crippen molar-refractivity contribution in [3.05, 3.63) is 29.6 Å². The molecule has 0 saturated heterocycles. The maximum atomic E-state index is 13.3. The van der Waals surface area contributed by atoms with E-state index in [1.54, 1.807) is 6.92 Å². The van der Waals surface area contributed by atoms with Gasteiger partial charge in [0, 0.05) is 5.56 Å². The Morgan fingerprint density at radius 1 is 1.35 bits per heavy atom. The molecule has 6 heteroatoms. The quantitative estimate of drug-likeness (QED) is 0.878. The van der Waals surface area contributed by atoms with Crippen LogP contribution in [0.4, 0.5) is 4.39 Å². The molecule has 3 N–H and O–H groups in total. The molecular formula is C14H22ClFN2O2. The van der Waals surface area contributed by atoms with Crippen LogP contribution in [0.5, 0.6) is 5.75 Å². The predicted molar refractivity (Wildman–Crippen MR) is 79.6 cm³/mol. The molecule has 0 aliphatic carbocycles. The monoisotopic (exact) mass is 304 g/mol. The Bertz CT molecular complexity index is 455. The molecule has 0 saturated carbocycles. The molecule has 20 heavy (non-hydrogen) atoms. The van der Waals surface area contributed by atoms with Gasteiger partial charge in [-0.15, -0.1) is 12.4 Å². The molecule has 0 heterocycles. The zero-order chi connectivity index (χ0) is 14.6. The zero-order valence-corrected chi connectivity index (χ0v) is 13.0. The highest BCUT2D eigenvalue weighted by molar-refractivity contribution is 5.85. The van der Waals surface area contributed by atoms with Crippen molar-refractivity contribution < 1.29 is 13.9 Å². The smallest absolute Gasteiger partial charge is 0.237 e. The Balaban J connectivity index is 0.00000361. The highest BCUT2D eigenvalue weighted by Crippen LogP contribution is 2.25. The van der Waals surface area contributed by atoms with Crippen molar-refractivity contribution in [1.29, 1.82) is 0 Å². The summed E-state index contributed by atoms with van der Waals surface area (Å²) in [7, 11) is 1.51. The van der Waals surface area contributed by atoms with E-state index in [0.29, 0.717) is 11.3 Å². The molecule has 0 aromatic heterocycles. The van der Waals surface area contributed by atoms with Gasteiger partial charge in [-0.05, 0) is 31.0 Å². The molecule has 4 nitrogen and oxygen atoms in total. The number of carbonyl (C=O) groups is 1. The Morgan fingerprint density at radius 3 is 2.45 bits per heavy atom. The number of halogens is 2. The lowest BCUT2D eigenvalue weighted by molar-refractivity contribution is -0.123. The number of hydrogen-bond acceptors (Lipinski definition) is 3. The standard InChI is InChI=1S/C14H21FN2O2.ClH/c1-8(2)13(16)14(18)17-9(3)11-7-10(15)5-6-12(11)19-4;/h5-9,13H,16H2,1-4H3,(H,17,18);1H. The van der Waals surface area contributed by atoms with E-state index in [2.05, 4.69) is 5.32 Å². The summed E-state index contributed by atoms with van der Waals surface area (Å²) in [6, 6.07) is 3.25. The first-order valence-electron chi connectivity index (χ1n) is 6.26. The van der Waals surface area contributed by atoms with Crippen molar-refractivity contribution in [2.75, 3.05) is 7.11 Å². The topological polar surface area (TPSA) is 64.3 Å².